The molecule has 0 spiro atoms. The van der Waals surface area contributed by atoms with Crippen molar-refractivity contribution >= 4 is 11.6 Å². The number of hydrogen-bond donors (Lipinski definition) is 2. The van der Waals surface area contributed by atoms with Gasteiger partial charge in [0.2, 0.25) is 5.91 Å². The molecular weight excluding hydrogens is 244 g/mol. The van der Waals surface area contributed by atoms with E-state index in [4.69, 9.17) is 9.47 Å². The van der Waals surface area contributed by atoms with Gasteiger partial charge in [0.05, 0.1) is 25.4 Å². The number of carbonyl (C=O) groups is 1. The number of benzene rings is 1. The third-order valence-corrected chi connectivity index (χ3v) is 2.55. The van der Waals surface area contributed by atoms with Gasteiger partial charge in [-0.3, -0.25) is 4.79 Å². The van der Waals surface area contributed by atoms with Gasteiger partial charge in [0, 0.05) is 13.2 Å². The first-order valence-electron chi connectivity index (χ1n) is 6.42. The Kier molecular flexibility index (Phi) is 6.92. The van der Waals surface area contributed by atoms with E-state index in [-0.39, 0.29) is 18.6 Å². The highest BCUT2D eigenvalue weighted by Gasteiger charge is 2.07. The Morgan fingerprint density at radius 3 is 2.79 bits per heavy atom. The molecule has 0 bridgehead atoms. The number of rotatable bonds is 8. The lowest BCUT2D eigenvalue weighted by molar-refractivity contribution is -0.115. The highest BCUT2D eigenvalue weighted by Crippen LogP contribution is 2.22. The number of nitrogens with one attached hydrogen (secondary N) is 2. The maximum atomic E-state index is 11.7. The lowest BCUT2D eigenvalue weighted by atomic mass is 10.3. The van der Waals surface area contributed by atoms with Gasteiger partial charge < -0.3 is 20.1 Å². The summed E-state index contributed by atoms with van der Waals surface area (Å²) in [5.74, 6) is 0.548. The molecule has 0 aliphatic rings. The lowest BCUT2D eigenvalue weighted by Crippen LogP contribution is -2.33. The topological polar surface area (TPSA) is 59.6 Å². The summed E-state index contributed by atoms with van der Waals surface area (Å²) in [5.41, 5.74) is 0.676. The Morgan fingerprint density at radius 1 is 1.37 bits per heavy atom. The average Bonchev–Trinajstić information content (AvgIpc) is 2.39. The molecule has 1 amide bonds. The van der Waals surface area contributed by atoms with E-state index in [2.05, 4.69) is 10.6 Å². The largest absolute Gasteiger partial charge is 0.495 e. The van der Waals surface area contributed by atoms with Crippen molar-refractivity contribution in [3.05, 3.63) is 24.3 Å². The molecule has 106 valence electrons. The van der Waals surface area contributed by atoms with Crippen LogP contribution in [0.3, 0.4) is 0 Å². The number of amides is 1. The van der Waals surface area contributed by atoms with Gasteiger partial charge in [0.1, 0.15) is 5.75 Å². The summed E-state index contributed by atoms with van der Waals surface area (Å²) >= 11 is 0. The van der Waals surface area contributed by atoms with Crippen molar-refractivity contribution in [3.63, 3.8) is 0 Å². The van der Waals surface area contributed by atoms with Gasteiger partial charge >= 0.3 is 0 Å². The Hall–Kier alpha value is -1.59. The fraction of sp³-hybridized carbons (Fsp3) is 0.500. The van der Waals surface area contributed by atoms with Crippen LogP contribution in [0.1, 0.15) is 13.8 Å². The molecule has 0 saturated carbocycles. The molecule has 0 heterocycles. The molecule has 0 aromatic heterocycles. The van der Waals surface area contributed by atoms with Gasteiger partial charge in [-0.1, -0.05) is 12.1 Å². The first-order valence-corrected chi connectivity index (χ1v) is 6.42. The molecule has 1 aromatic rings. The zero-order valence-electron chi connectivity index (χ0n) is 11.7. The highest BCUT2D eigenvalue weighted by atomic mass is 16.5. The van der Waals surface area contributed by atoms with Crippen LogP contribution in [0.5, 0.6) is 5.75 Å². The summed E-state index contributed by atoms with van der Waals surface area (Å²) in [5, 5.41) is 5.85. The number of carbonyl (C=O) groups excluding carboxylic acids is 1. The third-order valence-electron chi connectivity index (χ3n) is 2.55. The minimum atomic E-state index is -0.104. The summed E-state index contributed by atoms with van der Waals surface area (Å²) in [6, 6.07) is 7.32. The molecule has 19 heavy (non-hydrogen) atoms. The maximum Gasteiger partial charge on any atom is 0.238 e. The van der Waals surface area contributed by atoms with E-state index in [0.29, 0.717) is 24.6 Å². The smallest absolute Gasteiger partial charge is 0.238 e. The van der Waals surface area contributed by atoms with Crippen LogP contribution >= 0.6 is 0 Å². The molecular formula is C14H22N2O3. The molecule has 1 atom stereocenters. The number of hydrogen-bond acceptors (Lipinski definition) is 4. The second kappa shape index (κ2) is 8.50. The van der Waals surface area contributed by atoms with Crippen molar-refractivity contribution < 1.29 is 14.3 Å². The van der Waals surface area contributed by atoms with E-state index in [1.54, 1.807) is 19.2 Å². The molecule has 0 aliphatic heterocycles. The average molecular weight is 266 g/mol. The molecule has 2 N–H and O–H groups in total. The quantitative estimate of drug-likeness (QED) is 0.751. The van der Waals surface area contributed by atoms with Gasteiger partial charge in [0.15, 0.2) is 0 Å². The Balaban J connectivity index is 2.35. The molecule has 0 aliphatic carbocycles. The second-order valence-corrected chi connectivity index (χ2v) is 4.15. The standard InChI is InChI=1S/C14H22N2O3/c1-4-19-11(2)9-15-10-14(17)16-12-7-5-6-8-13(12)18-3/h5-8,11,15H,4,9-10H2,1-3H3,(H,16,17). The zero-order valence-corrected chi connectivity index (χ0v) is 11.7. The van der Waals surface area contributed by atoms with E-state index in [9.17, 15) is 4.79 Å². The molecule has 5 nitrogen and oxygen atoms in total. The Morgan fingerprint density at radius 2 is 2.11 bits per heavy atom. The van der Waals surface area contributed by atoms with E-state index in [0.717, 1.165) is 0 Å². The van der Waals surface area contributed by atoms with Crippen LogP contribution < -0.4 is 15.4 Å². The summed E-state index contributed by atoms with van der Waals surface area (Å²) < 4.78 is 10.5. The van der Waals surface area contributed by atoms with Crippen LogP contribution in [0.25, 0.3) is 0 Å². The molecule has 5 heteroatoms. The van der Waals surface area contributed by atoms with E-state index >= 15 is 0 Å². The molecule has 1 unspecified atom stereocenters. The first-order chi connectivity index (χ1) is 9.17. The van der Waals surface area contributed by atoms with Crippen LogP contribution in [0.15, 0.2) is 24.3 Å². The predicted octanol–water partition coefficient (Wildman–Crippen LogP) is 1.65. The summed E-state index contributed by atoms with van der Waals surface area (Å²) in [4.78, 5) is 11.7. The van der Waals surface area contributed by atoms with E-state index in [1.807, 2.05) is 26.0 Å². The fourth-order valence-corrected chi connectivity index (χ4v) is 1.67. The van der Waals surface area contributed by atoms with Crippen LogP contribution in [-0.4, -0.2) is 38.8 Å². The van der Waals surface area contributed by atoms with Crippen LogP contribution in [0.2, 0.25) is 0 Å². The molecule has 0 saturated heterocycles. The summed E-state index contributed by atoms with van der Waals surface area (Å²) in [6.07, 6.45) is 0.101. The fourth-order valence-electron chi connectivity index (χ4n) is 1.67. The van der Waals surface area contributed by atoms with E-state index < -0.39 is 0 Å². The van der Waals surface area contributed by atoms with Gasteiger partial charge in [-0.15, -0.1) is 0 Å². The van der Waals surface area contributed by atoms with Gasteiger partial charge in [-0.2, -0.15) is 0 Å². The summed E-state index contributed by atoms with van der Waals surface area (Å²) in [6.45, 7) is 5.48. The van der Waals surface area contributed by atoms with Gasteiger partial charge in [0.25, 0.3) is 0 Å². The lowest BCUT2D eigenvalue weighted by Gasteiger charge is -2.13. The van der Waals surface area contributed by atoms with Crippen LogP contribution in [0.4, 0.5) is 5.69 Å². The number of anilines is 1. The Bertz CT molecular complexity index is 396. The molecule has 1 aromatic carbocycles. The molecule has 0 radical (unpaired) electrons. The van der Waals surface area contributed by atoms with Crippen molar-refractivity contribution in [2.45, 2.75) is 20.0 Å². The van der Waals surface area contributed by atoms with Crippen molar-refractivity contribution in [1.82, 2.24) is 5.32 Å². The van der Waals surface area contributed by atoms with Gasteiger partial charge in [-0.25, -0.2) is 0 Å². The van der Waals surface area contributed by atoms with Gasteiger partial charge in [-0.05, 0) is 26.0 Å². The minimum absolute atomic E-state index is 0.101. The van der Waals surface area contributed by atoms with Crippen molar-refractivity contribution in [2.75, 3.05) is 32.1 Å². The van der Waals surface area contributed by atoms with E-state index in [1.165, 1.54) is 0 Å². The SMILES string of the molecule is CCOC(C)CNCC(=O)Nc1ccccc1OC. The monoisotopic (exact) mass is 266 g/mol. The number of ether oxygens (including phenoxy) is 2. The molecule has 0 fully saturated rings. The zero-order chi connectivity index (χ0) is 14.1. The number of methoxy groups -OCH3 is 1. The van der Waals surface area contributed by atoms with Crippen LogP contribution in [-0.2, 0) is 9.53 Å². The predicted molar refractivity (Wildman–Crippen MR) is 75.6 cm³/mol. The number of para-hydroxylation sites is 2. The highest BCUT2D eigenvalue weighted by molar-refractivity contribution is 5.93. The molecule has 1 rings (SSSR count). The summed E-state index contributed by atoms with van der Waals surface area (Å²) in [7, 11) is 1.58. The maximum absolute atomic E-state index is 11.7. The normalized spacial score (nSPS) is 11.9. The Labute approximate surface area is 114 Å². The van der Waals surface area contributed by atoms with Crippen molar-refractivity contribution in [3.8, 4) is 5.75 Å². The van der Waals surface area contributed by atoms with Crippen molar-refractivity contribution in [2.24, 2.45) is 0 Å². The third kappa shape index (κ3) is 5.72. The van der Waals surface area contributed by atoms with Crippen molar-refractivity contribution in [1.29, 1.82) is 0 Å². The first kappa shape index (κ1) is 15.5. The van der Waals surface area contributed by atoms with Crippen LogP contribution in [0, 0.1) is 0 Å². The minimum Gasteiger partial charge on any atom is -0.495 e. The second-order valence-electron chi connectivity index (χ2n) is 4.15.